The first-order valence-corrected chi connectivity index (χ1v) is 8.19. The average Bonchev–Trinajstić information content (AvgIpc) is 3.22. The Balaban J connectivity index is 1.67. The minimum Gasteiger partial charge on any atom is -0.207 e. The van der Waals surface area contributed by atoms with Crippen LogP contribution < -0.4 is 0 Å². The van der Waals surface area contributed by atoms with Crippen LogP contribution in [0.5, 0.6) is 0 Å². The normalized spacial score (nSPS) is 11.7. The molecule has 0 saturated carbocycles. The highest BCUT2D eigenvalue weighted by Crippen LogP contribution is 2.25. The fourth-order valence-corrected chi connectivity index (χ4v) is 3.43. The predicted octanol–water partition coefficient (Wildman–Crippen LogP) is 4.22. The summed E-state index contributed by atoms with van der Waals surface area (Å²) in [5.41, 5.74) is 0.922. The Morgan fingerprint density at radius 2 is 1.91 bits per heavy atom. The van der Waals surface area contributed by atoms with Gasteiger partial charge in [0.15, 0.2) is 5.82 Å². The maximum Gasteiger partial charge on any atom is 0.235 e. The van der Waals surface area contributed by atoms with Crippen molar-refractivity contribution in [2.24, 2.45) is 0 Å². The number of nitrogens with zero attached hydrogens (tertiary/aromatic N) is 4. The average molecular weight is 328 g/mol. The SMILES string of the molecule is Fc1ccc(C=Cc2nn3c(-c4cccs4)nnc3s2)cc1. The van der Waals surface area contributed by atoms with E-state index < -0.39 is 0 Å². The van der Waals surface area contributed by atoms with Crippen LogP contribution in [0.15, 0.2) is 41.8 Å². The van der Waals surface area contributed by atoms with Gasteiger partial charge in [-0.3, -0.25) is 0 Å². The summed E-state index contributed by atoms with van der Waals surface area (Å²) in [7, 11) is 0. The molecule has 1 aromatic carbocycles. The number of rotatable bonds is 3. The standard InChI is InChI=1S/C15H9FN4S2/c16-11-6-3-10(4-7-11)5-8-13-19-20-14(12-2-1-9-21-12)17-18-15(20)22-13/h1-9H. The Hall–Kier alpha value is -2.38. The molecule has 4 aromatic rings. The summed E-state index contributed by atoms with van der Waals surface area (Å²) in [5.74, 6) is 0.513. The van der Waals surface area contributed by atoms with E-state index >= 15 is 0 Å². The van der Waals surface area contributed by atoms with Crippen LogP contribution in [0, 0.1) is 5.82 Å². The first-order valence-electron chi connectivity index (χ1n) is 6.49. The Morgan fingerprint density at radius 1 is 1.05 bits per heavy atom. The topological polar surface area (TPSA) is 43.1 Å². The molecular weight excluding hydrogens is 319 g/mol. The molecule has 22 heavy (non-hydrogen) atoms. The van der Waals surface area contributed by atoms with Gasteiger partial charge in [-0.2, -0.15) is 9.61 Å². The van der Waals surface area contributed by atoms with Gasteiger partial charge in [-0.1, -0.05) is 35.6 Å². The molecule has 0 aliphatic heterocycles. The third kappa shape index (κ3) is 2.44. The Labute approximate surface area is 133 Å². The van der Waals surface area contributed by atoms with Gasteiger partial charge >= 0.3 is 0 Å². The van der Waals surface area contributed by atoms with E-state index in [0.717, 1.165) is 26.2 Å². The quantitative estimate of drug-likeness (QED) is 0.565. The summed E-state index contributed by atoms with van der Waals surface area (Å²) in [4.78, 5) is 1.79. The minimum absolute atomic E-state index is 0.239. The van der Waals surface area contributed by atoms with Gasteiger partial charge in [0.25, 0.3) is 0 Å². The van der Waals surface area contributed by atoms with Gasteiger partial charge in [0.2, 0.25) is 4.96 Å². The number of thiophene rings is 1. The van der Waals surface area contributed by atoms with Crippen LogP contribution in [0.25, 0.3) is 27.8 Å². The molecule has 0 aliphatic carbocycles. The molecule has 0 atom stereocenters. The predicted molar refractivity (Wildman–Crippen MR) is 87.3 cm³/mol. The zero-order valence-electron chi connectivity index (χ0n) is 11.2. The Kier molecular flexibility index (Phi) is 3.28. The highest BCUT2D eigenvalue weighted by molar-refractivity contribution is 7.17. The van der Waals surface area contributed by atoms with Crippen LogP contribution in [-0.2, 0) is 0 Å². The Morgan fingerprint density at radius 3 is 2.68 bits per heavy atom. The van der Waals surface area contributed by atoms with E-state index in [4.69, 9.17) is 0 Å². The lowest BCUT2D eigenvalue weighted by Crippen LogP contribution is -1.88. The number of benzene rings is 1. The van der Waals surface area contributed by atoms with Gasteiger partial charge in [-0.05, 0) is 35.2 Å². The monoisotopic (exact) mass is 328 g/mol. The van der Waals surface area contributed by atoms with E-state index in [0.29, 0.717) is 0 Å². The van der Waals surface area contributed by atoms with Crippen molar-refractivity contribution in [3.8, 4) is 10.7 Å². The van der Waals surface area contributed by atoms with Crippen LogP contribution in [0.3, 0.4) is 0 Å². The van der Waals surface area contributed by atoms with E-state index in [-0.39, 0.29) is 5.82 Å². The van der Waals surface area contributed by atoms with E-state index in [1.54, 1.807) is 28.0 Å². The molecule has 108 valence electrons. The maximum atomic E-state index is 12.9. The minimum atomic E-state index is -0.239. The van der Waals surface area contributed by atoms with E-state index in [9.17, 15) is 4.39 Å². The molecule has 0 spiro atoms. The van der Waals surface area contributed by atoms with Crippen molar-refractivity contribution < 1.29 is 4.39 Å². The van der Waals surface area contributed by atoms with Crippen LogP contribution >= 0.6 is 22.7 Å². The van der Waals surface area contributed by atoms with Gasteiger partial charge in [0.05, 0.1) is 4.88 Å². The summed E-state index contributed by atoms with van der Waals surface area (Å²) in [5, 5.41) is 15.7. The summed E-state index contributed by atoms with van der Waals surface area (Å²) in [6.07, 6.45) is 3.79. The van der Waals surface area contributed by atoms with Crippen molar-refractivity contribution in [2.75, 3.05) is 0 Å². The van der Waals surface area contributed by atoms with Crippen molar-refractivity contribution in [3.05, 3.63) is 58.2 Å². The van der Waals surface area contributed by atoms with Crippen molar-refractivity contribution in [3.63, 3.8) is 0 Å². The molecular formula is C15H9FN4S2. The second-order valence-electron chi connectivity index (χ2n) is 4.52. The van der Waals surface area contributed by atoms with Gasteiger partial charge in [-0.25, -0.2) is 4.39 Å². The smallest absolute Gasteiger partial charge is 0.207 e. The van der Waals surface area contributed by atoms with Crippen molar-refractivity contribution in [2.45, 2.75) is 0 Å². The molecule has 0 bridgehead atoms. The van der Waals surface area contributed by atoms with Gasteiger partial charge in [-0.15, -0.1) is 21.5 Å². The van der Waals surface area contributed by atoms with Crippen LogP contribution in [0.4, 0.5) is 4.39 Å². The fraction of sp³-hybridized carbons (Fsp3) is 0. The largest absolute Gasteiger partial charge is 0.235 e. The molecule has 0 N–H and O–H groups in total. The molecule has 0 radical (unpaired) electrons. The lowest BCUT2D eigenvalue weighted by molar-refractivity contribution is 0.628. The van der Waals surface area contributed by atoms with Crippen molar-refractivity contribution in [1.82, 2.24) is 19.8 Å². The van der Waals surface area contributed by atoms with Crippen molar-refractivity contribution >= 4 is 39.8 Å². The van der Waals surface area contributed by atoms with E-state index in [2.05, 4.69) is 15.3 Å². The molecule has 0 aliphatic rings. The first-order chi connectivity index (χ1) is 10.8. The maximum absolute atomic E-state index is 12.9. The fourth-order valence-electron chi connectivity index (χ4n) is 2.00. The van der Waals surface area contributed by atoms with Gasteiger partial charge < -0.3 is 0 Å². The molecule has 0 amide bonds. The van der Waals surface area contributed by atoms with Gasteiger partial charge in [0, 0.05) is 0 Å². The Bertz CT molecular complexity index is 936. The number of aromatic nitrogens is 4. The first kappa shape index (κ1) is 13.3. The lowest BCUT2D eigenvalue weighted by atomic mass is 10.2. The second kappa shape index (κ2) is 5.43. The molecule has 3 heterocycles. The van der Waals surface area contributed by atoms with Crippen LogP contribution in [-0.4, -0.2) is 19.8 Å². The summed E-state index contributed by atoms with van der Waals surface area (Å²) in [6, 6.07) is 10.3. The van der Waals surface area contributed by atoms with Crippen LogP contribution in [0.2, 0.25) is 0 Å². The molecule has 0 saturated heterocycles. The molecule has 0 unspecified atom stereocenters. The highest BCUT2D eigenvalue weighted by Gasteiger charge is 2.12. The number of hydrogen-bond acceptors (Lipinski definition) is 5. The lowest BCUT2D eigenvalue weighted by Gasteiger charge is -1.92. The number of hydrogen-bond donors (Lipinski definition) is 0. The second-order valence-corrected chi connectivity index (χ2v) is 6.46. The molecule has 3 aromatic heterocycles. The third-order valence-electron chi connectivity index (χ3n) is 3.04. The van der Waals surface area contributed by atoms with E-state index in [1.807, 2.05) is 29.7 Å². The summed E-state index contributed by atoms with van der Waals surface area (Å²) in [6.45, 7) is 0. The zero-order valence-corrected chi connectivity index (χ0v) is 12.8. The third-order valence-corrected chi connectivity index (χ3v) is 4.77. The molecule has 4 rings (SSSR count). The summed E-state index contributed by atoms with van der Waals surface area (Å²) < 4.78 is 14.6. The molecule has 4 nitrogen and oxygen atoms in total. The molecule has 7 heteroatoms. The summed E-state index contributed by atoms with van der Waals surface area (Å²) >= 11 is 3.06. The van der Waals surface area contributed by atoms with Crippen molar-refractivity contribution in [1.29, 1.82) is 0 Å². The van der Waals surface area contributed by atoms with Gasteiger partial charge in [0.1, 0.15) is 10.8 Å². The number of halogens is 1. The highest BCUT2D eigenvalue weighted by atomic mass is 32.1. The van der Waals surface area contributed by atoms with Crippen LogP contribution in [0.1, 0.15) is 10.6 Å². The molecule has 0 fully saturated rings. The number of fused-ring (bicyclic) bond motifs is 1. The van der Waals surface area contributed by atoms with E-state index in [1.165, 1.54) is 23.5 Å². The zero-order chi connectivity index (χ0) is 14.9.